The van der Waals surface area contributed by atoms with Crippen molar-refractivity contribution in [2.24, 2.45) is 0 Å². The first-order valence-electron chi connectivity index (χ1n) is 6.16. The minimum atomic E-state index is -0.178. The summed E-state index contributed by atoms with van der Waals surface area (Å²) in [6.07, 6.45) is 5.50. The highest BCUT2D eigenvalue weighted by Crippen LogP contribution is 2.22. The van der Waals surface area contributed by atoms with Crippen LogP contribution in [-0.4, -0.2) is 54.0 Å². The van der Waals surface area contributed by atoms with Crippen LogP contribution in [0.15, 0.2) is 12.4 Å². The Morgan fingerprint density at radius 3 is 2.72 bits per heavy atom. The molecule has 2 rings (SSSR count). The van der Waals surface area contributed by atoms with Crippen LogP contribution >= 0.6 is 0 Å². The molecule has 0 spiro atoms. The van der Waals surface area contributed by atoms with Gasteiger partial charge in [-0.3, -0.25) is 4.79 Å². The molecule has 98 valence electrons. The summed E-state index contributed by atoms with van der Waals surface area (Å²) < 4.78 is 0. The molecule has 0 atom stereocenters. The number of anilines is 1. The van der Waals surface area contributed by atoms with E-state index in [2.05, 4.69) is 20.6 Å². The van der Waals surface area contributed by atoms with E-state index < -0.39 is 0 Å². The highest BCUT2D eigenvalue weighted by atomic mass is 16.1. The molecule has 1 amide bonds. The second-order valence-electron chi connectivity index (χ2n) is 4.76. The highest BCUT2D eigenvalue weighted by molar-refractivity contribution is 5.91. The molecule has 1 fully saturated rings. The van der Waals surface area contributed by atoms with E-state index in [0.29, 0.717) is 18.3 Å². The standard InChI is InChI=1S/C12H19N5O/c1-17(2)6-5-13-12(18)10-7-15-11(8-14-10)16-9-3-4-9/h7-9H,3-6H2,1-2H3,(H,13,18)(H,15,16). The number of hydrogen-bond acceptors (Lipinski definition) is 5. The summed E-state index contributed by atoms with van der Waals surface area (Å²) in [6.45, 7) is 1.41. The van der Waals surface area contributed by atoms with Gasteiger partial charge in [0.15, 0.2) is 0 Å². The first-order valence-corrected chi connectivity index (χ1v) is 6.16. The first-order chi connectivity index (χ1) is 8.65. The van der Waals surface area contributed by atoms with Crippen LogP contribution in [0.4, 0.5) is 5.82 Å². The van der Waals surface area contributed by atoms with Crippen LogP contribution in [0.25, 0.3) is 0 Å². The Balaban J connectivity index is 1.81. The summed E-state index contributed by atoms with van der Waals surface area (Å²) >= 11 is 0. The number of hydrogen-bond donors (Lipinski definition) is 2. The average molecular weight is 249 g/mol. The van der Waals surface area contributed by atoms with Crippen molar-refractivity contribution in [1.82, 2.24) is 20.2 Å². The van der Waals surface area contributed by atoms with Gasteiger partial charge in [0.1, 0.15) is 11.5 Å². The van der Waals surface area contributed by atoms with E-state index in [1.54, 1.807) is 6.20 Å². The van der Waals surface area contributed by atoms with E-state index in [9.17, 15) is 4.79 Å². The Bertz CT molecular complexity index is 399. The molecule has 6 heteroatoms. The molecule has 1 aromatic rings. The maximum absolute atomic E-state index is 11.7. The minimum absolute atomic E-state index is 0.178. The van der Waals surface area contributed by atoms with Crippen molar-refractivity contribution in [1.29, 1.82) is 0 Å². The fourth-order valence-electron chi connectivity index (χ4n) is 1.44. The van der Waals surface area contributed by atoms with E-state index in [-0.39, 0.29) is 5.91 Å². The minimum Gasteiger partial charge on any atom is -0.366 e. The van der Waals surface area contributed by atoms with Gasteiger partial charge >= 0.3 is 0 Å². The van der Waals surface area contributed by atoms with Crippen molar-refractivity contribution in [3.05, 3.63) is 18.1 Å². The molecule has 0 saturated heterocycles. The monoisotopic (exact) mass is 249 g/mol. The SMILES string of the molecule is CN(C)CCNC(=O)c1cnc(NC2CC2)cn1. The van der Waals surface area contributed by atoms with Crippen molar-refractivity contribution in [3.63, 3.8) is 0 Å². The fourth-order valence-corrected chi connectivity index (χ4v) is 1.44. The van der Waals surface area contributed by atoms with Crippen LogP contribution in [0.5, 0.6) is 0 Å². The normalized spacial score (nSPS) is 14.6. The van der Waals surface area contributed by atoms with Gasteiger partial charge in [0.25, 0.3) is 5.91 Å². The van der Waals surface area contributed by atoms with E-state index in [0.717, 1.165) is 12.4 Å². The zero-order chi connectivity index (χ0) is 13.0. The van der Waals surface area contributed by atoms with Gasteiger partial charge in [0.2, 0.25) is 0 Å². The molecule has 0 unspecified atom stereocenters. The molecule has 1 heterocycles. The smallest absolute Gasteiger partial charge is 0.271 e. The van der Waals surface area contributed by atoms with Crippen LogP contribution in [0.2, 0.25) is 0 Å². The van der Waals surface area contributed by atoms with Gasteiger partial charge in [-0.2, -0.15) is 0 Å². The lowest BCUT2D eigenvalue weighted by Gasteiger charge is -2.10. The molecule has 0 aliphatic heterocycles. The van der Waals surface area contributed by atoms with Gasteiger partial charge in [0, 0.05) is 19.1 Å². The van der Waals surface area contributed by atoms with Crippen molar-refractivity contribution in [2.75, 3.05) is 32.5 Å². The number of amides is 1. The van der Waals surface area contributed by atoms with Gasteiger partial charge in [0.05, 0.1) is 12.4 Å². The maximum Gasteiger partial charge on any atom is 0.271 e. The summed E-state index contributed by atoms with van der Waals surface area (Å²) in [5.41, 5.74) is 0.357. The van der Waals surface area contributed by atoms with Gasteiger partial charge in [-0.25, -0.2) is 9.97 Å². The molecule has 1 aliphatic rings. The topological polar surface area (TPSA) is 70.2 Å². The number of carbonyl (C=O) groups is 1. The zero-order valence-electron chi connectivity index (χ0n) is 10.8. The molecule has 0 aromatic carbocycles. The summed E-state index contributed by atoms with van der Waals surface area (Å²) in [4.78, 5) is 22.0. The second-order valence-corrected chi connectivity index (χ2v) is 4.76. The molecule has 2 N–H and O–H groups in total. The Morgan fingerprint density at radius 1 is 1.39 bits per heavy atom. The highest BCUT2D eigenvalue weighted by Gasteiger charge is 2.21. The molecule has 1 aliphatic carbocycles. The second kappa shape index (κ2) is 5.77. The van der Waals surface area contributed by atoms with Gasteiger partial charge in [-0.15, -0.1) is 0 Å². The Hall–Kier alpha value is -1.69. The summed E-state index contributed by atoms with van der Waals surface area (Å²) in [5.74, 6) is 0.560. The van der Waals surface area contributed by atoms with Gasteiger partial charge < -0.3 is 15.5 Å². The van der Waals surface area contributed by atoms with Crippen LogP contribution in [0, 0.1) is 0 Å². The molecule has 1 aromatic heterocycles. The molecule has 6 nitrogen and oxygen atoms in total. The number of likely N-dealkylation sites (N-methyl/N-ethyl adjacent to an activating group) is 1. The van der Waals surface area contributed by atoms with Crippen molar-refractivity contribution in [2.45, 2.75) is 18.9 Å². The quantitative estimate of drug-likeness (QED) is 0.761. The van der Waals surface area contributed by atoms with E-state index in [1.165, 1.54) is 19.0 Å². The van der Waals surface area contributed by atoms with E-state index in [1.807, 2.05) is 19.0 Å². The summed E-state index contributed by atoms with van der Waals surface area (Å²) in [7, 11) is 3.93. The number of nitrogens with zero attached hydrogens (tertiary/aromatic N) is 3. The van der Waals surface area contributed by atoms with Crippen LogP contribution in [-0.2, 0) is 0 Å². The number of carbonyl (C=O) groups excluding carboxylic acids is 1. The predicted molar refractivity (Wildman–Crippen MR) is 69.6 cm³/mol. The van der Waals surface area contributed by atoms with E-state index >= 15 is 0 Å². The number of nitrogens with one attached hydrogen (secondary N) is 2. The molecule has 0 bridgehead atoms. The van der Waals surface area contributed by atoms with E-state index in [4.69, 9.17) is 0 Å². The lowest BCUT2D eigenvalue weighted by molar-refractivity contribution is 0.0945. The van der Waals surface area contributed by atoms with Gasteiger partial charge in [-0.05, 0) is 26.9 Å². The Labute approximate surface area is 107 Å². The van der Waals surface area contributed by atoms with Crippen LogP contribution < -0.4 is 10.6 Å². The lowest BCUT2D eigenvalue weighted by Crippen LogP contribution is -2.31. The van der Waals surface area contributed by atoms with Crippen molar-refractivity contribution < 1.29 is 4.79 Å². The Kier molecular flexibility index (Phi) is 4.09. The van der Waals surface area contributed by atoms with Crippen molar-refractivity contribution >= 4 is 11.7 Å². The number of rotatable bonds is 6. The number of aromatic nitrogens is 2. The largest absolute Gasteiger partial charge is 0.366 e. The third-order valence-corrected chi connectivity index (χ3v) is 2.66. The lowest BCUT2D eigenvalue weighted by atomic mass is 10.4. The summed E-state index contributed by atoms with van der Waals surface area (Å²) in [5, 5.41) is 6.03. The molecule has 1 saturated carbocycles. The summed E-state index contributed by atoms with van der Waals surface area (Å²) in [6, 6.07) is 0.541. The third-order valence-electron chi connectivity index (χ3n) is 2.66. The predicted octanol–water partition coefficient (Wildman–Crippen LogP) is 0.342. The molecular weight excluding hydrogens is 230 g/mol. The molecule has 18 heavy (non-hydrogen) atoms. The average Bonchev–Trinajstić information content (AvgIpc) is 3.13. The van der Waals surface area contributed by atoms with Gasteiger partial charge in [-0.1, -0.05) is 0 Å². The fraction of sp³-hybridized carbons (Fsp3) is 0.583. The van der Waals surface area contributed by atoms with Crippen LogP contribution in [0.1, 0.15) is 23.3 Å². The molecule has 0 radical (unpaired) electrons. The van der Waals surface area contributed by atoms with Crippen molar-refractivity contribution in [3.8, 4) is 0 Å². The zero-order valence-corrected chi connectivity index (χ0v) is 10.8. The Morgan fingerprint density at radius 2 is 2.17 bits per heavy atom. The maximum atomic E-state index is 11.7. The third kappa shape index (κ3) is 3.96. The van der Waals surface area contributed by atoms with Crippen LogP contribution in [0.3, 0.4) is 0 Å². The molecular formula is C12H19N5O. The first kappa shape index (κ1) is 12.8.